The lowest BCUT2D eigenvalue weighted by Crippen LogP contribution is -2.43. The van der Waals surface area contributed by atoms with E-state index in [1.807, 2.05) is 54.9 Å². The van der Waals surface area contributed by atoms with E-state index >= 15 is 0 Å². The van der Waals surface area contributed by atoms with Gasteiger partial charge in [-0.2, -0.15) is 5.10 Å². The van der Waals surface area contributed by atoms with Crippen LogP contribution in [0.5, 0.6) is 0 Å². The number of nitrogens with zero attached hydrogens (tertiary/aromatic N) is 4. The molecule has 132 valence electrons. The van der Waals surface area contributed by atoms with Crippen molar-refractivity contribution in [2.45, 2.75) is 39.3 Å². The molecule has 1 saturated heterocycles. The lowest BCUT2D eigenvalue weighted by Gasteiger charge is -2.24. The average Bonchev–Trinajstić information content (AvgIpc) is 3.14. The van der Waals surface area contributed by atoms with Gasteiger partial charge in [-0.25, -0.2) is 0 Å². The molecule has 0 aliphatic carbocycles. The maximum absolute atomic E-state index is 12.7. The van der Waals surface area contributed by atoms with Crippen LogP contribution in [0.25, 0.3) is 0 Å². The molecule has 1 aromatic carbocycles. The Labute approximate surface area is 148 Å². The summed E-state index contributed by atoms with van der Waals surface area (Å²) in [7, 11) is 1.72. The number of hydrogen-bond acceptors (Lipinski definition) is 3. The van der Waals surface area contributed by atoms with Crippen LogP contribution < -0.4 is 4.90 Å². The quantitative estimate of drug-likeness (QED) is 0.838. The maximum atomic E-state index is 12.7. The van der Waals surface area contributed by atoms with Crippen LogP contribution in [-0.4, -0.2) is 46.1 Å². The highest BCUT2D eigenvalue weighted by molar-refractivity contribution is 6.01. The van der Waals surface area contributed by atoms with Crippen LogP contribution in [0, 0.1) is 13.8 Å². The van der Waals surface area contributed by atoms with Crippen molar-refractivity contribution in [2.75, 3.05) is 18.5 Å². The minimum atomic E-state index is -0.381. The number of aryl methyl sites for hydroxylation is 3. The number of amides is 2. The number of para-hydroxylation sites is 1. The van der Waals surface area contributed by atoms with Crippen LogP contribution in [0.4, 0.5) is 5.69 Å². The summed E-state index contributed by atoms with van der Waals surface area (Å²) in [5.74, 6) is -0.0334. The van der Waals surface area contributed by atoms with Crippen LogP contribution in [0.15, 0.2) is 36.4 Å². The highest BCUT2D eigenvalue weighted by Crippen LogP contribution is 2.24. The summed E-state index contributed by atoms with van der Waals surface area (Å²) in [5.41, 5.74) is 2.88. The number of carbonyl (C=O) groups is 2. The molecule has 1 aliphatic rings. The summed E-state index contributed by atoms with van der Waals surface area (Å²) in [6.07, 6.45) is 1.00. The van der Waals surface area contributed by atoms with Gasteiger partial charge in [-0.1, -0.05) is 18.2 Å². The third kappa shape index (κ3) is 3.57. The van der Waals surface area contributed by atoms with Crippen molar-refractivity contribution in [3.05, 3.63) is 47.8 Å². The van der Waals surface area contributed by atoms with Crippen molar-refractivity contribution in [1.82, 2.24) is 14.7 Å². The second kappa shape index (κ2) is 7.09. The first-order chi connectivity index (χ1) is 12.0. The molecule has 25 heavy (non-hydrogen) atoms. The minimum Gasteiger partial charge on any atom is -0.334 e. The van der Waals surface area contributed by atoms with Crippen molar-refractivity contribution in [2.24, 2.45) is 0 Å². The number of aromatic nitrogens is 2. The van der Waals surface area contributed by atoms with Crippen LogP contribution in [-0.2, 0) is 16.1 Å². The lowest BCUT2D eigenvalue weighted by molar-refractivity contribution is -0.136. The predicted molar refractivity (Wildman–Crippen MR) is 96.3 cm³/mol. The van der Waals surface area contributed by atoms with Crippen LogP contribution in [0.2, 0.25) is 0 Å². The Morgan fingerprint density at radius 2 is 2.00 bits per heavy atom. The molecule has 2 aromatic rings. The van der Waals surface area contributed by atoms with Gasteiger partial charge in [-0.15, -0.1) is 0 Å². The summed E-state index contributed by atoms with van der Waals surface area (Å²) in [4.78, 5) is 28.6. The molecular weight excluding hydrogens is 316 g/mol. The van der Waals surface area contributed by atoms with E-state index in [4.69, 9.17) is 0 Å². The van der Waals surface area contributed by atoms with Gasteiger partial charge in [-0.05, 0) is 38.5 Å². The highest BCUT2D eigenvalue weighted by Gasteiger charge is 2.36. The Bertz CT molecular complexity index is 769. The van der Waals surface area contributed by atoms with Crippen molar-refractivity contribution >= 4 is 17.5 Å². The summed E-state index contributed by atoms with van der Waals surface area (Å²) >= 11 is 0. The van der Waals surface area contributed by atoms with Gasteiger partial charge in [0.05, 0.1) is 5.69 Å². The average molecular weight is 340 g/mol. The molecule has 0 N–H and O–H groups in total. The Balaban J connectivity index is 1.61. The molecule has 0 radical (unpaired) electrons. The third-order valence-corrected chi connectivity index (χ3v) is 4.75. The zero-order valence-corrected chi connectivity index (χ0v) is 15.0. The SMILES string of the molecule is Cc1cc(C)n(CCC(=O)N(C)[C@H]2CCN(c3ccccc3)C2=O)n1. The normalized spacial score (nSPS) is 17.2. The minimum absolute atomic E-state index is 0.00633. The molecule has 0 bridgehead atoms. The molecule has 1 fully saturated rings. The number of anilines is 1. The van der Waals surface area contributed by atoms with E-state index in [0.29, 0.717) is 25.9 Å². The highest BCUT2D eigenvalue weighted by atomic mass is 16.2. The second-order valence-corrected chi connectivity index (χ2v) is 6.53. The van der Waals surface area contributed by atoms with Crippen molar-refractivity contribution < 1.29 is 9.59 Å². The monoisotopic (exact) mass is 340 g/mol. The van der Waals surface area contributed by atoms with Gasteiger partial charge in [0.15, 0.2) is 0 Å². The van der Waals surface area contributed by atoms with Crippen molar-refractivity contribution in [3.8, 4) is 0 Å². The Kier molecular flexibility index (Phi) is 4.88. The number of benzene rings is 1. The molecule has 6 nitrogen and oxygen atoms in total. The van der Waals surface area contributed by atoms with E-state index in [1.54, 1.807) is 16.8 Å². The summed E-state index contributed by atoms with van der Waals surface area (Å²) < 4.78 is 1.84. The van der Waals surface area contributed by atoms with Crippen molar-refractivity contribution in [3.63, 3.8) is 0 Å². The van der Waals surface area contributed by atoms with E-state index in [-0.39, 0.29) is 17.9 Å². The largest absolute Gasteiger partial charge is 0.334 e. The zero-order chi connectivity index (χ0) is 18.0. The van der Waals surface area contributed by atoms with Crippen LogP contribution in [0.3, 0.4) is 0 Å². The Hall–Kier alpha value is -2.63. The molecular formula is C19H24N4O2. The van der Waals surface area contributed by atoms with Gasteiger partial charge in [0, 0.05) is 37.9 Å². The zero-order valence-electron chi connectivity index (χ0n) is 15.0. The molecule has 1 aromatic heterocycles. The first-order valence-electron chi connectivity index (χ1n) is 8.60. The molecule has 0 saturated carbocycles. The van der Waals surface area contributed by atoms with Gasteiger partial charge in [-0.3, -0.25) is 14.3 Å². The van der Waals surface area contributed by atoms with Gasteiger partial charge in [0.2, 0.25) is 11.8 Å². The van der Waals surface area contributed by atoms with E-state index in [2.05, 4.69) is 5.10 Å². The van der Waals surface area contributed by atoms with E-state index < -0.39 is 0 Å². The Morgan fingerprint density at radius 1 is 1.28 bits per heavy atom. The topological polar surface area (TPSA) is 58.4 Å². The first-order valence-corrected chi connectivity index (χ1v) is 8.60. The van der Waals surface area contributed by atoms with Gasteiger partial charge >= 0.3 is 0 Å². The fourth-order valence-corrected chi connectivity index (χ4v) is 3.34. The van der Waals surface area contributed by atoms with E-state index in [0.717, 1.165) is 17.1 Å². The van der Waals surface area contributed by atoms with E-state index in [9.17, 15) is 9.59 Å². The lowest BCUT2D eigenvalue weighted by atomic mass is 10.2. The molecule has 3 rings (SSSR count). The fourth-order valence-electron chi connectivity index (χ4n) is 3.34. The first kappa shape index (κ1) is 17.2. The summed E-state index contributed by atoms with van der Waals surface area (Å²) in [6, 6.07) is 11.2. The fraction of sp³-hybridized carbons (Fsp3) is 0.421. The molecule has 1 atom stereocenters. The molecule has 0 unspecified atom stereocenters. The predicted octanol–water partition coefficient (Wildman–Crippen LogP) is 2.15. The molecule has 1 aliphatic heterocycles. The van der Waals surface area contributed by atoms with Crippen molar-refractivity contribution in [1.29, 1.82) is 0 Å². The van der Waals surface area contributed by atoms with Gasteiger partial charge in [0.1, 0.15) is 6.04 Å². The second-order valence-electron chi connectivity index (χ2n) is 6.53. The number of hydrogen-bond donors (Lipinski definition) is 0. The van der Waals surface area contributed by atoms with Gasteiger partial charge < -0.3 is 9.80 Å². The summed E-state index contributed by atoms with van der Waals surface area (Å²) in [5, 5.41) is 4.38. The molecule has 0 spiro atoms. The Morgan fingerprint density at radius 3 is 2.64 bits per heavy atom. The summed E-state index contributed by atoms with van der Waals surface area (Å²) in [6.45, 7) is 5.09. The third-order valence-electron chi connectivity index (χ3n) is 4.75. The standard InChI is InChI=1S/C19H24N4O2/c1-14-13-15(2)23(20-14)12-10-18(24)21(3)17-9-11-22(19(17)25)16-7-5-4-6-8-16/h4-8,13,17H,9-12H2,1-3H3/t17-/m0/s1. The number of likely N-dealkylation sites (N-methyl/N-ethyl adjacent to an activating group) is 1. The van der Waals surface area contributed by atoms with Crippen LogP contribution in [0.1, 0.15) is 24.2 Å². The molecule has 6 heteroatoms. The van der Waals surface area contributed by atoms with Crippen LogP contribution >= 0.6 is 0 Å². The molecule has 2 heterocycles. The van der Waals surface area contributed by atoms with Gasteiger partial charge in [0.25, 0.3) is 0 Å². The molecule has 2 amide bonds. The van der Waals surface area contributed by atoms with E-state index in [1.165, 1.54) is 0 Å². The maximum Gasteiger partial charge on any atom is 0.249 e. The smallest absolute Gasteiger partial charge is 0.249 e. The number of carbonyl (C=O) groups excluding carboxylic acids is 2. The number of rotatable bonds is 5.